The maximum atomic E-state index is 12.8. The van der Waals surface area contributed by atoms with Crippen molar-refractivity contribution in [3.8, 4) is 6.07 Å². The molecule has 2 amide bonds. The molecule has 0 bridgehead atoms. The van der Waals surface area contributed by atoms with Gasteiger partial charge in [0, 0.05) is 16.0 Å². The fourth-order valence-corrected chi connectivity index (χ4v) is 5.62. The number of oxime groups is 1. The zero-order valence-corrected chi connectivity index (χ0v) is 18.3. The summed E-state index contributed by atoms with van der Waals surface area (Å²) >= 11 is 3.29. The van der Waals surface area contributed by atoms with E-state index in [0.717, 1.165) is 28.0 Å². The first-order chi connectivity index (χ1) is 15.2. The normalized spacial score (nSPS) is 20.2. The average Bonchev–Trinajstić information content (AvgIpc) is 3.17. The molecule has 3 rings (SSSR count). The molecule has 32 heavy (non-hydrogen) atoms. The number of hydrogen-bond donors (Lipinski definition) is 4. The molecule has 1 aromatic rings. The summed E-state index contributed by atoms with van der Waals surface area (Å²) < 4.78 is 0. The molecule has 0 saturated carbocycles. The van der Waals surface area contributed by atoms with Crippen LogP contribution in [0.3, 0.4) is 0 Å². The number of fused-ring (bicyclic) bond motifs is 1. The first-order valence-electron chi connectivity index (χ1n) is 8.59. The second-order valence-electron chi connectivity index (χ2n) is 6.06. The Morgan fingerprint density at radius 1 is 1.47 bits per heavy atom. The second kappa shape index (κ2) is 9.89. The van der Waals surface area contributed by atoms with Crippen LogP contribution in [-0.2, 0) is 24.0 Å². The number of nitriles is 1. The third kappa shape index (κ3) is 4.79. The number of carboxylic acid groups (broad SMARTS) is 2. The number of nitrogens with two attached hydrogens (primary N) is 1. The Bertz CT molecular complexity index is 1080. The van der Waals surface area contributed by atoms with Crippen molar-refractivity contribution in [2.75, 3.05) is 23.8 Å². The number of rotatable bonds is 9. The van der Waals surface area contributed by atoms with Crippen LogP contribution in [0.15, 0.2) is 21.1 Å². The Kier molecular flexibility index (Phi) is 7.22. The molecule has 1 saturated heterocycles. The highest BCUT2D eigenvalue weighted by Gasteiger charge is 2.54. The molecule has 1 aromatic heterocycles. The average molecular weight is 499 g/mol. The van der Waals surface area contributed by atoms with Gasteiger partial charge < -0.3 is 26.1 Å². The van der Waals surface area contributed by atoms with Crippen LogP contribution in [0.4, 0.5) is 5.13 Å². The van der Waals surface area contributed by atoms with Crippen LogP contribution in [0.25, 0.3) is 0 Å². The highest BCUT2D eigenvalue weighted by molar-refractivity contribution is 8.06. The van der Waals surface area contributed by atoms with Gasteiger partial charge in [-0.05, 0) is 0 Å². The summed E-state index contributed by atoms with van der Waals surface area (Å²) in [7, 11) is 0. The van der Waals surface area contributed by atoms with E-state index >= 15 is 0 Å². The Hall–Kier alpha value is -3.29. The number of β-lactam (4-membered cyclic amide) rings is 1. The molecule has 2 aliphatic rings. The maximum Gasteiger partial charge on any atom is 0.353 e. The van der Waals surface area contributed by atoms with Gasteiger partial charge >= 0.3 is 11.9 Å². The lowest BCUT2D eigenvalue weighted by atomic mass is 10.0. The van der Waals surface area contributed by atoms with Gasteiger partial charge in [-0.3, -0.25) is 14.5 Å². The monoisotopic (exact) mass is 498 g/mol. The minimum atomic E-state index is -1.31. The first-order valence-corrected chi connectivity index (χ1v) is 11.5. The van der Waals surface area contributed by atoms with E-state index in [1.165, 1.54) is 17.1 Å². The highest BCUT2D eigenvalue weighted by Crippen LogP contribution is 2.43. The van der Waals surface area contributed by atoms with E-state index in [4.69, 9.17) is 16.1 Å². The van der Waals surface area contributed by atoms with Gasteiger partial charge in [0.1, 0.15) is 22.8 Å². The second-order valence-corrected chi connectivity index (χ2v) is 9.13. The summed E-state index contributed by atoms with van der Waals surface area (Å²) in [6.07, 6.45) is 0. The molecule has 3 heterocycles. The van der Waals surface area contributed by atoms with Crippen LogP contribution in [0.2, 0.25) is 0 Å². The van der Waals surface area contributed by atoms with Gasteiger partial charge in [0.25, 0.3) is 11.8 Å². The van der Waals surface area contributed by atoms with Crippen molar-refractivity contribution in [2.24, 2.45) is 5.16 Å². The van der Waals surface area contributed by atoms with E-state index < -0.39 is 41.8 Å². The number of nitrogen functional groups attached to an aromatic ring is 1. The third-order valence-corrected chi connectivity index (χ3v) is 7.15. The SMILES string of the molecule is N#CCSC1=C(C(=O)O)N2C(=O)[C@@H](NC(=O)/C(=N\OCC(=O)O)c3csc(N)n3)[C@H]2SC1. The zero-order valence-electron chi connectivity index (χ0n) is 15.9. The molecule has 0 aliphatic carbocycles. The minimum absolute atomic E-state index is 0.0247. The maximum absolute atomic E-state index is 12.8. The first kappa shape index (κ1) is 23.4. The number of thioether (sulfide) groups is 2. The van der Waals surface area contributed by atoms with E-state index in [9.17, 15) is 24.3 Å². The molecule has 2 atom stereocenters. The molecular weight excluding hydrogens is 484 g/mol. The highest BCUT2D eigenvalue weighted by atomic mass is 32.2. The molecular formula is C16H14N6O7S3. The van der Waals surface area contributed by atoms with Gasteiger partial charge in [-0.15, -0.1) is 34.9 Å². The number of aliphatic carboxylic acids is 2. The Morgan fingerprint density at radius 2 is 2.22 bits per heavy atom. The van der Waals surface area contributed by atoms with Crippen LogP contribution in [0.5, 0.6) is 0 Å². The fraction of sp³-hybridized carbons (Fsp3) is 0.312. The van der Waals surface area contributed by atoms with Crippen molar-refractivity contribution >= 4 is 69.5 Å². The molecule has 5 N–H and O–H groups in total. The fourth-order valence-electron chi connectivity index (χ4n) is 2.78. The van der Waals surface area contributed by atoms with Gasteiger partial charge in [0.05, 0.1) is 11.8 Å². The van der Waals surface area contributed by atoms with E-state index in [-0.39, 0.29) is 33.7 Å². The summed E-state index contributed by atoms with van der Waals surface area (Å²) in [6.45, 7) is -0.805. The van der Waals surface area contributed by atoms with E-state index in [0.29, 0.717) is 4.91 Å². The van der Waals surface area contributed by atoms with Crippen molar-refractivity contribution in [3.63, 3.8) is 0 Å². The Labute approximate surface area is 192 Å². The molecule has 168 valence electrons. The minimum Gasteiger partial charge on any atom is -0.479 e. The van der Waals surface area contributed by atoms with Gasteiger partial charge in [0.15, 0.2) is 10.8 Å². The van der Waals surface area contributed by atoms with Crippen LogP contribution in [0, 0.1) is 11.3 Å². The lowest BCUT2D eigenvalue weighted by Gasteiger charge is -2.49. The summed E-state index contributed by atoms with van der Waals surface area (Å²) in [6, 6.07) is 0.858. The van der Waals surface area contributed by atoms with Crippen molar-refractivity contribution < 1.29 is 34.2 Å². The molecule has 0 aromatic carbocycles. The summed E-state index contributed by atoms with van der Waals surface area (Å²) in [4.78, 5) is 57.8. The quantitative estimate of drug-likeness (QED) is 0.193. The number of carboxylic acids is 2. The summed E-state index contributed by atoms with van der Waals surface area (Å²) in [5, 5.41) is 33.8. The predicted molar refractivity (Wildman–Crippen MR) is 114 cm³/mol. The lowest BCUT2D eigenvalue weighted by Crippen LogP contribution is -2.71. The van der Waals surface area contributed by atoms with Crippen LogP contribution in [0.1, 0.15) is 5.69 Å². The topological polar surface area (TPSA) is 208 Å². The number of hydrogen-bond acceptors (Lipinski definition) is 12. The number of nitrogens with one attached hydrogen (secondary N) is 1. The van der Waals surface area contributed by atoms with Crippen molar-refractivity contribution in [2.45, 2.75) is 11.4 Å². The lowest BCUT2D eigenvalue weighted by molar-refractivity contribution is -0.150. The van der Waals surface area contributed by atoms with Crippen LogP contribution >= 0.6 is 34.9 Å². The molecule has 16 heteroatoms. The van der Waals surface area contributed by atoms with E-state index in [1.54, 1.807) is 0 Å². The molecule has 2 aliphatic heterocycles. The van der Waals surface area contributed by atoms with Gasteiger partial charge in [-0.25, -0.2) is 14.6 Å². The third-order valence-electron chi connectivity index (χ3n) is 4.06. The Balaban J connectivity index is 1.78. The summed E-state index contributed by atoms with van der Waals surface area (Å²) in [5.74, 6) is -3.85. The molecule has 13 nitrogen and oxygen atoms in total. The number of anilines is 1. The van der Waals surface area contributed by atoms with Gasteiger partial charge in [-0.2, -0.15) is 5.26 Å². The summed E-state index contributed by atoms with van der Waals surface area (Å²) in [5.41, 5.74) is 5.00. The standard InChI is InChI=1S/C16H14N6O7S3/c17-1-2-30-7-5-31-14-10(13(26)22(14)11(7)15(27)28)20-12(25)9(21-29-3-8(23)24)6-4-32-16(18)19-6/h4,10,14H,2-3,5H2,(H2,18,19)(H,20,25)(H,23,24)(H,27,28)/b21-9-/t10-,14-/m1/s1. The van der Waals surface area contributed by atoms with E-state index in [2.05, 4.69) is 20.3 Å². The number of amides is 2. The van der Waals surface area contributed by atoms with E-state index in [1.807, 2.05) is 6.07 Å². The van der Waals surface area contributed by atoms with Crippen molar-refractivity contribution in [1.82, 2.24) is 15.2 Å². The van der Waals surface area contributed by atoms with Crippen LogP contribution < -0.4 is 11.1 Å². The van der Waals surface area contributed by atoms with Gasteiger partial charge in [0.2, 0.25) is 6.61 Å². The number of nitrogens with zero attached hydrogens (tertiary/aromatic N) is 4. The molecule has 0 spiro atoms. The smallest absolute Gasteiger partial charge is 0.353 e. The van der Waals surface area contributed by atoms with Crippen LogP contribution in [-0.4, -0.2) is 79.1 Å². The Morgan fingerprint density at radius 3 is 2.81 bits per heavy atom. The largest absolute Gasteiger partial charge is 0.479 e. The number of carbonyl (C=O) groups is 4. The van der Waals surface area contributed by atoms with Gasteiger partial charge in [-0.1, -0.05) is 5.16 Å². The van der Waals surface area contributed by atoms with Crippen molar-refractivity contribution in [1.29, 1.82) is 5.26 Å². The number of carbonyl (C=O) groups excluding carboxylic acids is 2. The number of aromatic nitrogens is 1. The number of thiazole rings is 1. The predicted octanol–water partition coefficient (Wildman–Crippen LogP) is -0.517. The molecule has 1 fully saturated rings. The molecule has 0 radical (unpaired) electrons. The molecule has 0 unspecified atom stereocenters. The zero-order chi connectivity index (χ0) is 23.4. The van der Waals surface area contributed by atoms with Crippen molar-refractivity contribution in [3.05, 3.63) is 21.7 Å².